The Morgan fingerprint density at radius 2 is 1.95 bits per heavy atom. The summed E-state index contributed by atoms with van der Waals surface area (Å²) in [6, 6.07) is 6.82. The fourth-order valence-corrected chi connectivity index (χ4v) is 1.96. The normalized spacial score (nSPS) is 10.3. The standard InChI is InChI=1S/C15H17N3O3/c1-18-10-12(9-16-18)4-7-14(19)17-13-5-2-11(3-6-13)8-15(20)21/h2-3,5-6,9-10H,4,7-8H2,1H3,(H,17,19)(H,20,21). The Morgan fingerprint density at radius 1 is 1.24 bits per heavy atom. The van der Waals surface area contributed by atoms with E-state index in [4.69, 9.17) is 5.11 Å². The quantitative estimate of drug-likeness (QED) is 0.845. The lowest BCUT2D eigenvalue weighted by Crippen LogP contribution is -2.12. The number of benzene rings is 1. The minimum Gasteiger partial charge on any atom is -0.481 e. The van der Waals surface area contributed by atoms with E-state index in [-0.39, 0.29) is 12.3 Å². The van der Waals surface area contributed by atoms with Crippen LogP contribution in [0.3, 0.4) is 0 Å². The Hall–Kier alpha value is -2.63. The van der Waals surface area contributed by atoms with Crippen LogP contribution in [0, 0.1) is 0 Å². The molecule has 6 nitrogen and oxygen atoms in total. The number of rotatable bonds is 6. The number of nitrogens with one attached hydrogen (secondary N) is 1. The van der Waals surface area contributed by atoms with Crippen LogP contribution >= 0.6 is 0 Å². The summed E-state index contributed by atoms with van der Waals surface area (Å²) in [7, 11) is 1.84. The van der Waals surface area contributed by atoms with Crippen molar-refractivity contribution in [2.45, 2.75) is 19.3 Å². The summed E-state index contributed by atoms with van der Waals surface area (Å²) in [6.07, 6.45) is 4.62. The van der Waals surface area contributed by atoms with Crippen molar-refractivity contribution in [3.63, 3.8) is 0 Å². The molecule has 6 heteroatoms. The monoisotopic (exact) mass is 287 g/mol. The summed E-state index contributed by atoms with van der Waals surface area (Å²) in [5, 5.41) is 15.5. The van der Waals surface area contributed by atoms with Crippen molar-refractivity contribution >= 4 is 17.6 Å². The summed E-state index contributed by atoms with van der Waals surface area (Å²) in [6.45, 7) is 0. The molecule has 21 heavy (non-hydrogen) atoms. The summed E-state index contributed by atoms with van der Waals surface area (Å²) in [5.41, 5.74) is 2.39. The van der Waals surface area contributed by atoms with Crippen LogP contribution in [-0.2, 0) is 29.5 Å². The zero-order valence-corrected chi connectivity index (χ0v) is 11.7. The molecule has 0 fully saturated rings. The summed E-state index contributed by atoms with van der Waals surface area (Å²) in [4.78, 5) is 22.4. The minimum absolute atomic E-state index is 0.0186. The molecule has 1 amide bonds. The van der Waals surface area contributed by atoms with Gasteiger partial charge < -0.3 is 10.4 Å². The fourth-order valence-electron chi connectivity index (χ4n) is 1.96. The second-order valence-electron chi connectivity index (χ2n) is 4.84. The number of aryl methyl sites for hydroxylation is 2. The van der Waals surface area contributed by atoms with Gasteiger partial charge in [-0.15, -0.1) is 0 Å². The second-order valence-corrected chi connectivity index (χ2v) is 4.84. The number of anilines is 1. The number of carboxylic acid groups (broad SMARTS) is 1. The third-order valence-electron chi connectivity index (χ3n) is 2.99. The molecule has 0 radical (unpaired) electrons. The molecule has 2 rings (SSSR count). The number of hydrogen-bond donors (Lipinski definition) is 2. The van der Waals surface area contributed by atoms with Gasteiger partial charge in [-0.1, -0.05) is 12.1 Å². The summed E-state index contributed by atoms with van der Waals surface area (Å²) < 4.78 is 1.70. The largest absolute Gasteiger partial charge is 0.481 e. The van der Waals surface area contributed by atoms with Crippen LogP contribution in [0.15, 0.2) is 36.7 Å². The molecule has 0 aliphatic carbocycles. The highest BCUT2D eigenvalue weighted by atomic mass is 16.4. The molecule has 0 saturated carbocycles. The van der Waals surface area contributed by atoms with Crippen molar-refractivity contribution in [1.29, 1.82) is 0 Å². The number of carboxylic acids is 1. The maximum absolute atomic E-state index is 11.8. The van der Waals surface area contributed by atoms with Gasteiger partial charge in [-0.2, -0.15) is 5.10 Å². The first-order valence-corrected chi connectivity index (χ1v) is 6.61. The van der Waals surface area contributed by atoms with E-state index in [1.807, 2.05) is 13.2 Å². The lowest BCUT2D eigenvalue weighted by atomic mass is 10.1. The maximum Gasteiger partial charge on any atom is 0.307 e. The zero-order valence-electron chi connectivity index (χ0n) is 11.7. The topological polar surface area (TPSA) is 84.2 Å². The van der Waals surface area contributed by atoms with Crippen molar-refractivity contribution < 1.29 is 14.7 Å². The summed E-state index contributed by atoms with van der Waals surface area (Å²) >= 11 is 0. The first-order chi connectivity index (χ1) is 10.0. The van der Waals surface area contributed by atoms with Crippen molar-refractivity contribution in [2.24, 2.45) is 7.05 Å². The number of hydrogen-bond acceptors (Lipinski definition) is 3. The first-order valence-electron chi connectivity index (χ1n) is 6.61. The van der Waals surface area contributed by atoms with E-state index in [2.05, 4.69) is 10.4 Å². The molecule has 0 spiro atoms. The number of carbonyl (C=O) groups is 2. The molecule has 1 heterocycles. The van der Waals surface area contributed by atoms with E-state index >= 15 is 0 Å². The van der Waals surface area contributed by atoms with Crippen LogP contribution < -0.4 is 5.32 Å². The van der Waals surface area contributed by atoms with Gasteiger partial charge in [0.25, 0.3) is 0 Å². The Labute approximate surface area is 122 Å². The number of aromatic nitrogens is 2. The molecule has 0 aliphatic heterocycles. The van der Waals surface area contributed by atoms with Crippen molar-refractivity contribution in [3.8, 4) is 0 Å². The van der Waals surface area contributed by atoms with Crippen LogP contribution in [-0.4, -0.2) is 26.8 Å². The molecular weight excluding hydrogens is 270 g/mol. The lowest BCUT2D eigenvalue weighted by Gasteiger charge is -2.05. The van der Waals surface area contributed by atoms with E-state index in [0.29, 0.717) is 24.1 Å². The van der Waals surface area contributed by atoms with E-state index in [9.17, 15) is 9.59 Å². The molecule has 2 aromatic rings. The van der Waals surface area contributed by atoms with Gasteiger partial charge >= 0.3 is 5.97 Å². The first kappa shape index (κ1) is 14.8. The van der Waals surface area contributed by atoms with Crippen molar-refractivity contribution in [2.75, 3.05) is 5.32 Å². The third-order valence-corrected chi connectivity index (χ3v) is 2.99. The van der Waals surface area contributed by atoms with Gasteiger partial charge in [-0.3, -0.25) is 14.3 Å². The molecule has 0 unspecified atom stereocenters. The smallest absolute Gasteiger partial charge is 0.307 e. The number of amides is 1. The predicted molar refractivity (Wildman–Crippen MR) is 77.9 cm³/mol. The van der Waals surface area contributed by atoms with Crippen molar-refractivity contribution in [1.82, 2.24) is 9.78 Å². The van der Waals surface area contributed by atoms with Crippen LogP contribution in [0.4, 0.5) is 5.69 Å². The Morgan fingerprint density at radius 3 is 2.52 bits per heavy atom. The van der Waals surface area contributed by atoms with Crippen molar-refractivity contribution in [3.05, 3.63) is 47.8 Å². The van der Waals surface area contributed by atoms with Gasteiger partial charge in [0.05, 0.1) is 12.6 Å². The van der Waals surface area contributed by atoms with Crippen LogP contribution in [0.1, 0.15) is 17.5 Å². The SMILES string of the molecule is Cn1cc(CCC(=O)Nc2ccc(CC(=O)O)cc2)cn1. The van der Waals surface area contributed by atoms with Gasteiger partial charge in [0.15, 0.2) is 0 Å². The highest BCUT2D eigenvalue weighted by Crippen LogP contribution is 2.11. The van der Waals surface area contributed by atoms with Crippen LogP contribution in [0.2, 0.25) is 0 Å². The van der Waals surface area contributed by atoms with Gasteiger partial charge in [-0.05, 0) is 29.7 Å². The molecule has 0 atom stereocenters. The number of nitrogens with zero attached hydrogens (tertiary/aromatic N) is 2. The molecule has 0 bridgehead atoms. The van der Waals surface area contributed by atoms with Gasteiger partial charge in [0.1, 0.15) is 0 Å². The summed E-state index contributed by atoms with van der Waals surface area (Å²) in [5.74, 6) is -0.951. The molecular formula is C15H17N3O3. The van der Waals surface area contributed by atoms with E-state index in [1.54, 1.807) is 35.1 Å². The predicted octanol–water partition coefficient (Wildman–Crippen LogP) is 1.62. The van der Waals surface area contributed by atoms with Crippen LogP contribution in [0.25, 0.3) is 0 Å². The second kappa shape index (κ2) is 6.69. The highest BCUT2D eigenvalue weighted by molar-refractivity contribution is 5.90. The highest BCUT2D eigenvalue weighted by Gasteiger charge is 2.05. The van der Waals surface area contributed by atoms with Crippen LogP contribution in [0.5, 0.6) is 0 Å². The maximum atomic E-state index is 11.8. The third kappa shape index (κ3) is 4.76. The van der Waals surface area contributed by atoms with E-state index in [0.717, 1.165) is 5.56 Å². The molecule has 0 saturated heterocycles. The lowest BCUT2D eigenvalue weighted by molar-refractivity contribution is -0.136. The Balaban J connectivity index is 1.83. The van der Waals surface area contributed by atoms with Gasteiger partial charge in [0.2, 0.25) is 5.91 Å². The number of carbonyl (C=O) groups excluding carboxylic acids is 1. The Kier molecular flexibility index (Phi) is 4.71. The molecule has 2 N–H and O–H groups in total. The van der Waals surface area contributed by atoms with E-state index < -0.39 is 5.97 Å². The zero-order chi connectivity index (χ0) is 15.2. The molecule has 1 aromatic heterocycles. The van der Waals surface area contributed by atoms with E-state index in [1.165, 1.54) is 0 Å². The fraction of sp³-hybridized carbons (Fsp3) is 0.267. The van der Waals surface area contributed by atoms with Gasteiger partial charge in [-0.25, -0.2) is 0 Å². The Bertz CT molecular complexity index is 632. The minimum atomic E-state index is -0.872. The molecule has 1 aromatic carbocycles. The average Bonchev–Trinajstić information content (AvgIpc) is 2.84. The average molecular weight is 287 g/mol. The van der Waals surface area contributed by atoms with Gasteiger partial charge in [0, 0.05) is 25.4 Å². The number of aliphatic carboxylic acids is 1. The molecule has 110 valence electrons. The molecule has 0 aliphatic rings.